The van der Waals surface area contributed by atoms with Gasteiger partial charge in [0.05, 0.1) is 28.1 Å². The molecule has 1 aliphatic rings. The third-order valence-corrected chi connectivity index (χ3v) is 10.8. The Morgan fingerprint density at radius 2 is 1.14 bits per heavy atom. The van der Waals surface area contributed by atoms with Crippen LogP contribution in [0.15, 0.2) is 156 Å². The monoisotopic (exact) mass is 660 g/mol. The first-order valence-corrected chi connectivity index (χ1v) is 17.3. The Morgan fingerprint density at radius 3 is 1.98 bits per heavy atom. The molecule has 7 aromatic carbocycles. The largest absolute Gasteiger partial charge is 0.492 e. The first-order chi connectivity index (χ1) is 24.9. The average molecular weight is 661 g/mol. The lowest BCUT2D eigenvalue weighted by atomic mass is 9.73. The number of hydrogen-bond donors (Lipinski definition) is 2. The van der Waals surface area contributed by atoms with Crippen molar-refractivity contribution in [2.45, 2.75) is 19.3 Å². The lowest BCUT2D eigenvalue weighted by Gasteiger charge is -2.42. The summed E-state index contributed by atoms with van der Waals surface area (Å²) in [7, 11) is -1.64. The second kappa shape index (κ2) is 11.0. The minimum Gasteiger partial charge on any atom is -0.454 e. The standard InChI is InChI=1S/C45H33BN2O3/c1-45(2)35-17-7-9-20-40(35)48(42-21-11-16-33-32-15-10-18-37(46(49)50)43(32)51-44(33)42)41-25-23-29(27-36(41)45)28-22-24-39-34(26-28)31-14-6-8-19-38(31)47(39)30-12-4-3-5-13-30/h3-27,49-50H,1-2H3. The summed E-state index contributed by atoms with van der Waals surface area (Å²) in [6.45, 7) is 4.61. The van der Waals surface area contributed by atoms with E-state index in [1.54, 1.807) is 6.07 Å². The third kappa shape index (κ3) is 4.30. The number of rotatable bonds is 4. The minimum absolute atomic E-state index is 0.290. The van der Waals surface area contributed by atoms with Crippen molar-refractivity contribution in [2.24, 2.45) is 0 Å². The van der Waals surface area contributed by atoms with Gasteiger partial charge in [-0.3, -0.25) is 0 Å². The van der Waals surface area contributed by atoms with Gasteiger partial charge in [-0.25, -0.2) is 0 Å². The van der Waals surface area contributed by atoms with E-state index in [1.807, 2.05) is 24.3 Å². The minimum atomic E-state index is -1.64. The van der Waals surface area contributed by atoms with E-state index >= 15 is 0 Å². The summed E-state index contributed by atoms with van der Waals surface area (Å²) in [5, 5.41) is 24.5. The van der Waals surface area contributed by atoms with E-state index in [1.165, 1.54) is 32.9 Å². The molecular formula is C45H33BN2O3. The Bertz CT molecular complexity index is 2830. The van der Waals surface area contributed by atoms with E-state index < -0.39 is 7.12 Å². The Kier molecular flexibility index (Phi) is 6.41. The van der Waals surface area contributed by atoms with Crippen LogP contribution in [0.2, 0.25) is 0 Å². The summed E-state index contributed by atoms with van der Waals surface area (Å²) in [6, 6.07) is 53.1. The molecule has 2 N–H and O–H groups in total. The molecule has 0 atom stereocenters. The van der Waals surface area contributed by atoms with E-state index in [0.29, 0.717) is 16.6 Å². The van der Waals surface area contributed by atoms with Gasteiger partial charge >= 0.3 is 7.12 Å². The fourth-order valence-electron chi connectivity index (χ4n) is 8.36. The summed E-state index contributed by atoms with van der Waals surface area (Å²) < 4.78 is 8.90. The second-order valence-corrected chi connectivity index (χ2v) is 14.0. The Hall–Kier alpha value is -6.08. The molecule has 0 saturated carbocycles. The van der Waals surface area contributed by atoms with Gasteiger partial charge in [0, 0.05) is 38.1 Å². The molecule has 0 aliphatic carbocycles. The van der Waals surface area contributed by atoms with Crippen molar-refractivity contribution in [3.05, 3.63) is 163 Å². The number of fused-ring (bicyclic) bond motifs is 8. The highest BCUT2D eigenvalue weighted by atomic mass is 16.4. The molecule has 2 aromatic heterocycles. The van der Waals surface area contributed by atoms with Gasteiger partial charge in [-0.1, -0.05) is 111 Å². The molecule has 3 heterocycles. The van der Waals surface area contributed by atoms with Crippen LogP contribution in [-0.2, 0) is 5.41 Å². The van der Waals surface area contributed by atoms with Crippen molar-refractivity contribution in [1.82, 2.24) is 4.57 Å². The van der Waals surface area contributed by atoms with Crippen molar-refractivity contribution in [2.75, 3.05) is 4.90 Å². The second-order valence-electron chi connectivity index (χ2n) is 14.0. The van der Waals surface area contributed by atoms with Crippen molar-refractivity contribution in [1.29, 1.82) is 0 Å². The van der Waals surface area contributed by atoms with Crippen LogP contribution in [0, 0.1) is 0 Å². The number of nitrogens with zero attached hydrogens (tertiary/aromatic N) is 2. The predicted octanol–water partition coefficient (Wildman–Crippen LogP) is 10.1. The summed E-state index contributed by atoms with van der Waals surface area (Å²) in [6.07, 6.45) is 0. The number of anilines is 3. The number of aromatic nitrogens is 1. The zero-order valence-corrected chi connectivity index (χ0v) is 28.2. The van der Waals surface area contributed by atoms with Gasteiger partial charge in [-0.15, -0.1) is 0 Å². The summed E-state index contributed by atoms with van der Waals surface area (Å²) >= 11 is 0. The van der Waals surface area contributed by atoms with Crippen LogP contribution < -0.4 is 10.4 Å². The Morgan fingerprint density at radius 1 is 0.510 bits per heavy atom. The molecule has 9 aromatic rings. The summed E-state index contributed by atoms with van der Waals surface area (Å²) in [5.41, 5.74) is 12.6. The van der Waals surface area contributed by atoms with Crippen LogP contribution in [0.5, 0.6) is 0 Å². The van der Waals surface area contributed by atoms with E-state index in [0.717, 1.165) is 44.6 Å². The van der Waals surface area contributed by atoms with Crippen LogP contribution in [0.4, 0.5) is 17.1 Å². The predicted molar refractivity (Wildman–Crippen MR) is 210 cm³/mol. The van der Waals surface area contributed by atoms with Gasteiger partial charge in [-0.2, -0.15) is 0 Å². The molecule has 0 fully saturated rings. The molecule has 1 aliphatic heterocycles. The quantitative estimate of drug-likeness (QED) is 0.185. The zero-order chi connectivity index (χ0) is 34.4. The molecule has 51 heavy (non-hydrogen) atoms. The normalized spacial score (nSPS) is 13.6. The lowest BCUT2D eigenvalue weighted by Crippen LogP contribution is -2.30. The number of hydrogen-bond acceptors (Lipinski definition) is 4. The smallest absolute Gasteiger partial charge is 0.454 e. The van der Waals surface area contributed by atoms with E-state index in [-0.39, 0.29) is 5.41 Å². The van der Waals surface area contributed by atoms with E-state index in [9.17, 15) is 10.0 Å². The fraction of sp³-hybridized carbons (Fsp3) is 0.0667. The molecule has 0 bridgehead atoms. The molecule has 0 amide bonds. The molecule has 0 saturated heterocycles. The first-order valence-electron chi connectivity index (χ1n) is 17.3. The highest BCUT2D eigenvalue weighted by molar-refractivity contribution is 6.61. The molecule has 0 spiro atoms. The van der Waals surface area contributed by atoms with Gasteiger partial charge < -0.3 is 23.9 Å². The molecular weight excluding hydrogens is 627 g/mol. The van der Waals surface area contributed by atoms with Crippen molar-refractivity contribution in [3.8, 4) is 16.8 Å². The van der Waals surface area contributed by atoms with Crippen LogP contribution >= 0.6 is 0 Å². The zero-order valence-electron chi connectivity index (χ0n) is 28.2. The van der Waals surface area contributed by atoms with Crippen LogP contribution in [-0.4, -0.2) is 21.7 Å². The molecule has 6 heteroatoms. The maximum absolute atomic E-state index is 10.2. The fourth-order valence-corrected chi connectivity index (χ4v) is 8.36. The molecule has 0 radical (unpaired) electrons. The highest BCUT2D eigenvalue weighted by Gasteiger charge is 2.38. The average Bonchev–Trinajstić information content (AvgIpc) is 3.71. The van der Waals surface area contributed by atoms with E-state index in [2.05, 4.69) is 145 Å². The molecule has 244 valence electrons. The summed E-state index contributed by atoms with van der Waals surface area (Å²) in [4.78, 5) is 2.30. The van der Waals surface area contributed by atoms with Crippen LogP contribution in [0.3, 0.4) is 0 Å². The van der Waals surface area contributed by atoms with Gasteiger partial charge in [0.1, 0.15) is 5.58 Å². The van der Waals surface area contributed by atoms with Gasteiger partial charge in [0.15, 0.2) is 5.58 Å². The SMILES string of the molecule is CC1(C)c2ccccc2N(c2cccc3c2oc2c(B(O)O)cccc23)c2ccc(-c3ccc4c(c3)c3ccccc3n4-c3ccccc3)cc21. The molecule has 5 nitrogen and oxygen atoms in total. The van der Waals surface area contributed by atoms with Crippen molar-refractivity contribution in [3.63, 3.8) is 0 Å². The Labute approximate surface area is 295 Å². The molecule has 10 rings (SSSR count). The first kappa shape index (κ1) is 29.8. The summed E-state index contributed by atoms with van der Waals surface area (Å²) in [5.74, 6) is 0. The van der Waals surface area contributed by atoms with Gasteiger partial charge in [0.2, 0.25) is 0 Å². The molecule has 0 unspecified atom stereocenters. The van der Waals surface area contributed by atoms with Crippen molar-refractivity contribution >= 4 is 73.4 Å². The lowest BCUT2D eigenvalue weighted by molar-refractivity contribution is 0.425. The van der Waals surface area contributed by atoms with Crippen LogP contribution in [0.25, 0.3) is 60.6 Å². The topological polar surface area (TPSA) is 61.8 Å². The van der Waals surface area contributed by atoms with Crippen molar-refractivity contribution < 1.29 is 14.5 Å². The Balaban J connectivity index is 1.18. The number of benzene rings is 7. The number of para-hydroxylation sites is 5. The number of furan rings is 1. The third-order valence-electron chi connectivity index (χ3n) is 10.8. The maximum Gasteiger partial charge on any atom is 0.492 e. The maximum atomic E-state index is 10.2. The van der Waals surface area contributed by atoms with Gasteiger partial charge in [-0.05, 0) is 76.9 Å². The van der Waals surface area contributed by atoms with Crippen LogP contribution in [0.1, 0.15) is 25.0 Å². The van der Waals surface area contributed by atoms with Gasteiger partial charge in [0.25, 0.3) is 0 Å². The van der Waals surface area contributed by atoms with E-state index in [4.69, 9.17) is 4.42 Å². The highest BCUT2D eigenvalue weighted by Crippen LogP contribution is 2.54.